The average molecular weight is 312 g/mol. The fraction of sp³-hybridized carbons (Fsp3) is 0.750. The molecule has 1 rings (SSSR count). The lowest BCUT2D eigenvalue weighted by molar-refractivity contribution is -0.138. The third-order valence-electron chi connectivity index (χ3n) is 3.82. The van der Waals surface area contributed by atoms with Crippen molar-refractivity contribution in [1.82, 2.24) is 5.32 Å². The molecule has 0 spiro atoms. The van der Waals surface area contributed by atoms with E-state index >= 15 is 0 Å². The molecule has 1 aliphatic rings. The molecular formula is C16H28N2O4. The van der Waals surface area contributed by atoms with Gasteiger partial charge in [-0.1, -0.05) is 12.0 Å². The van der Waals surface area contributed by atoms with Crippen LogP contribution < -0.4 is 11.1 Å². The van der Waals surface area contributed by atoms with Gasteiger partial charge in [-0.3, -0.25) is 4.79 Å². The van der Waals surface area contributed by atoms with Crippen molar-refractivity contribution in [2.24, 2.45) is 5.73 Å². The van der Waals surface area contributed by atoms with Gasteiger partial charge in [0.15, 0.2) is 0 Å². The number of nitrogens with two attached hydrogens (primary N) is 1. The molecule has 126 valence electrons. The van der Waals surface area contributed by atoms with Crippen molar-refractivity contribution in [1.29, 1.82) is 0 Å². The number of ether oxygens (including phenoxy) is 1. The van der Waals surface area contributed by atoms with Crippen LogP contribution >= 0.6 is 0 Å². The predicted octanol–water partition coefficient (Wildman–Crippen LogP) is 2.57. The van der Waals surface area contributed by atoms with E-state index in [1.54, 1.807) is 0 Å². The zero-order valence-electron chi connectivity index (χ0n) is 13.3. The van der Waals surface area contributed by atoms with Crippen molar-refractivity contribution in [3.8, 4) is 0 Å². The van der Waals surface area contributed by atoms with E-state index in [0.717, 1.165) is 19.3 Å². The molecule has 1 amide bonds. The molecule has 22 heavy (non-hydrogen) atoms. The molecule has 0 fully saturated rings. The van der Waals surface area contributed by atoms with Crippen LogP contribution in [0.2, 0.25) is 0 Å². The lowest BCUT2D eigenvalue weighted by atomic mass is 9.99. The SMILES string of the molecule is CC1=CC(OC(=O)NCCCCC(N)C(=O)O)CCCCC1. The first kappa shape index (κ1) is 18.5. The van der Waals surface area contributed by atoms with E-state index in [-0.39, 0.29) is 6.10 Å². The molecule has 0 aliphatic heterocycles. The molecule has 2 atom stereocenters. The summed E-state index contributed by atoms with van der Waals surface area (Å²) in [7, 11) is 0. The smallest absolute Gasteiger partial charge is 0.407 e. The second-order valence-corrected chi connectivity index (χ2v) is 5.92. The number of carboxylic acid groups (broad SMARTS) is 1. The first-order valence-corrected chi connectivity index (χ1v) is 8.09. The fourth-order valence-electron chi connectivity index (χ4n) is 2.49. The van der Waals surface area contributed by atoms with Crippen LogP contribution in [-0.4, -0.2) is 35.9 Å². The van der Waals surface area contributed by atoms with Crippen molar-refractivity contribution in [2.75, 3.05) is 6.54 Å². The van der Waals surface area contributed by atoms with Gasteiger partial charge >= 0.3 is 12.1 Å². The number of rotatable bonds is 7. The molecule has 0 aromatic heterocycles. The number of allylic oxidation sites excluding steroid dienone is 1. The van der Waals surface area contributed by atoms with E-state index in [4.69, 9.17) is 15.6 Å². The van der Waals surface area contributed by atoms with Crippen LogP contribution in [0.1, 0.15) is 58.3 Å². The monoisotopic (exact) mass is 312 g/mol. The Balaban J connectivity index is 2.18. The summed E-state index contributed by atoms with van der Waals surface area (Å²) in [4.78, 5) is 22.3. The van der Waals surface area contributed by atoms with Gasteiger partial charge in [-0.25, -0.2) is 4.79 Å². The summed E-state index contributed by atoms with van der Waals surface area (Å²) >= 11 is 0. The molecular weight excluding hydrogens is 284 g/mol. The van der Waals surface area contributed by atoms with Crippen molar-refractivity contribution in [2.45, 2.75) is 70.4 Å². The molecule has 0 bridgehead atoms. The van der Waals surface area contributed by atoms with E-state index in [9.17, 15) is 9.59 Å². The van der Waals surface area contributed by atoms with Crippen LogP contribution in [0.25, 0.3) is 0 Å². The number of hydrogen-bond acceptors (Lipinski definition) is 4. The molecule has 2 unspecified atom stereocenters. The van der Waals surface area contributed by atoms with Crippen molar-refractivity contribution in [3.05, 3.63) is 11.6 Å². The predicted molar refractivity (Wildman–Crippen MR) is 84.6 cm³/mol. The zero-order valence-corrected chi connectivity index (χ0v) is 13.3. The summed E-state index contributed by atoms with van der Waals surface area (Å²) in [6.45, 7) is 2.55. The van der Waals surface area contributed by atoms with Crippen molar-refractivity contribution >= 4 is 12.1 Å². The van der Waals surface area contributed by atoms with Gasteiger partial charge in [-0.05, 0) is 57.9 Å². The summed E-state index contributed by atoms with van der Waals surface area (Å²) in [5.41, 5.74) is 6.68. The van der Waals surface area contributed by atoms with E-state index in [2.05, 4.69) is 12.2 Å². The number of amides is 1. The summed E-state index contributed by atoms with van der Waals surface area (Å²) in [5.74, 6) is -0.987. The Morgan fingerprint density at radius 3 is 2.91 bits per heavy atom. The third kappa shape index (κ3) is 8.02. The molecule has 0 radical (unpaired) electrons. The minimum atomic E-state index is -0.987. The summed E-state index contributed by atoms with van der Waals surface area (Å²) in [5, 5.41) is 11.4. The van der Waals surface area contributed by atoms with Gasteiger partial charge in [0, 0.05) is 6.54 Å². The highest BCUT2D eigenvalue weighted by Crippen LogP contribution is 2.18. The maximum Gasteiger partial charge on any atom is 0.407 e. The van der Waals surface area contributed by atoms with Gasteiger partial charge in [-0.15, -0.1) is 0 Å². The highest BCUT2D eigenvalue weighted by atomic mass is 16.6. The lowest BCUT2D eigenvalue weighted by Crippen LogP contribution is -2.31. The quantitative estimate of drug-likeness (QED) is 0.495. The first-order valence-electron chi connectivity index (χ1n) is 8.09. The standard InChI is InChI=1S/C16H28N2O4/c1-12-7-3-2-4-8-13(11-12)22-16(21)18-10-6-5-9-14(17)15(19)20/h11,13-14H,2-10,17H2,1H3,(H,18,21)(H,19,20). The molecule has 1 aliphatic carbocycles. The fourth-order valence-corrected chi connectivity index (χ4v) is 2.49. The van der Waals surface area contributed by atoms with Crippen molar-refractivity contribution in [3.63, 3.8) is 0 Å². The van der Waals surface area contributed by atoms with E-state index in [1.165, 1.54) is 18.4 Å². The lowest BCUT2D eigenvalue weighted by Gasteiger charge is -2.18. The molecule has 0 saturated carbocycles. The molecule has 6 heteroatoms. The van der Waals surface area contributed by atoms with Crippen LogP contribution in [0.5, 0.6) is 0 Å². The second-order valence-electron chi connectivity index (χ2n) is 5.92. The van der Waals surface area contributed by atoms with Gasteiger partial charge in [0.25, 0.3) is 0 Å². The highest BCUT2D eigenvalue weighted by Gasteiger charge is 2.14. The van der Waals surface area contributed by atoms with Crippen LogP contribution in [0.3, 0.4) is 0 Å². The number of alkyl carbamates (subject to hydrolysis) is 1. The minimum absolute atomic E-state index is 0.138. The summed E-state index contributed by atoms with van der Waals surface area (Å²) < 4.78 is 5.42. The van der Waals surface area contributed by atoms with Crippen LogP contribution in [0.4, 0.5) is 4.79 Å². The van der Waals surface area contributed by atoms with Gasteiger partial charge in [0.05, 0.1) is 0 Å². The van der Waals surface area contributed by atoms with Crippen LogP contribution in [0.15, 0.2) is 11.6 Å². The van der Waals surface area contributed by atoms with Crippen LogP contribution in [0, 0.1) is 0 Å². The Bertz CT molecular complexity index is 396. The normalized spacial score (nSPS) is 20.3. The van der Waals surface area contributed by atoms with E-state index < -0.39 is 18.1 Å². The highest BCUT2D eigenvalue weighted by molar-refractivity contribution is 5.72. The summed E-state index contributed by atoms with van der Waals surface area (Å²) in [6, 6.07) is -0.824. The van der Waals surface area contributed by atoms with E-state index in [0.29, 0.717) is 25.8 Å². The van der Waals surface area contributed by atoms with Crippen LogP contribution in [-0.2, 0) is 9.53 Å². The first-order chi connectivity index (χ1) is 10.5. The number of hydrogen-bond donors (Lipinski definition) is 3. The molecule has 0 saturated heterocycles. The Hall–Kier alpha value is -1.56. The zero-order chi connectivity index (χ0) is 16.4. The largest absolute Gasteiger partial charge is 0.480 e. The Morgan fingerprint density at radius 1 is 1.41 bits per heavy atom. The molecule has 0 aromatic rings. The topological polar surface area (TPSA) is 102 Å². The number of carbonyl (C=O) groups is 2. The maximum atomic E-state index is 11.7. The number of aliphatic carboxylic acids is 1. The number of unbranched alkanes of at least 4 members (excludes halogenated alkanes) is 1. The average Bonchev–Trinajstić information content (AvgIpc) is 2.43. The molecule has 6 nitrogen and oxygen atoms in total. The second kappa shape index (κ2) is 10.2. The Morgan fingerprint density at radius 2 is 2.18 bits per heavy atom. The maximum absolute atomic E-state index is 11.7. The van der Waals surface area contributed by atoms with Crippen molar-refractivity contribution < 1.29 is 19.4 Å². The Labute approximate surface area is 132 Å². The minimum Gasteiger partial charge on any atom is -0.480 e. The number of carboxylic acids is 1. The Kier molecular flexibility index (Phi) is 8.58. The van der Waals surface area contributed by atoms with E-state index in [1.807, 2.05) is 6.08 Å². The van der Waals surface area contributed by atoms with Gasteiger partial charge in [0.2, 0.25) is 0 Å². The van der Waals surface area contributed by atoms with Gasteiger partial charge in [-0.2, -0.15) is 0 Å². The molecule has 0 heterocycles. The number of carbonyl (C=O) groups excluding carboxylic acids is 1. The van der Waals surface area contributed by atoms with Gasteiger partial charge in [0.1, 0.15) is 12.1 Å². The molecule has 4 N–H and O–H groups in total. The van der Waals surface area contributed by atoms with Gasteiger partial charge < -0.3 is 20.9 Å². The summed E-state index contributed by atoms with van der Waals surface area (Å²) in [6.07, 6.45) is 8.68. The third-order valence-corrected chi connectivity index (χ3v) is 3.82. The number of nitrogens with one attached hydrogen (secondary N) is 1. The molecule has 0 aromatic carbocycles.